The van der Waals surface area contributed by atoms with Crippen LogP contribution in [-0.2, 0) is 9.59 Å². The van der Waals surface area contributed by atoms with Gasteiger partial charge < -0.3 is 9.32 Å². The molecule has 26 heavy (non-hydrogen) atoms. The number of carbonyl (C=O) groups excluding carboxylic acids is 3. The van der Waals surface area contributed by atoms with Gasteiger partial charge in [-0.3, -0.25) is 14.9 Å². The maximum absolute atomic E-state index is 12.8. The molecule has 0 bridgehead atoms. The first-order valence-electron chi connectivity index (χ1n) is 7.72. The van der Waals surface area contributed by atoms with Crippen LogP contribution in [0.5, 0.6) is 0 Å². The first kappa shape index (κ1) is 17.8. The molecule has 1 N–H and O–H groups in total. The van der Waals surface area contributed by atoms with E-state index in [4.69, 9.17) is 16.0 Å². The van der Waals surface area contributed by atoms with Gasteiger partial charge in [-0.25, -0.2) is 9.69 Å². The quantitative estimate of drug-likeness (QED) is 0.660. The number of amides is 4. The molecule has 0 atom stereocenters. The monoisotopic (exact) mass is 373 g/mol. The number of furan rings is 1. The number of benzene rings is 1. The van der Waals surface area contributed by atoms with E-state index >= 15 is 0 Å². The van der Waals surface area contributed by atoms with Crippen LogP contribution in [0.15, 0.2) is 40.3 Å². The molecule has 1 aromatic carbocycles. The summed E-state index contributed by atoms with van der Waals surface area (Å²) in [5, 5.41) is 2.57. The van der Waals surface area contributed by atoms with Crippen LogP contribution < -0.4 is 15.1 Å². The molecule has 0 saturated carbocycles. The first-order valence-corrected chi connectivity index (χ1v) is 8.10. The highest BCUT2D eigenvalue weighted by Crippen LogP contribution is 2.27. The van der Waals surface area contributed by atoms with Crippen LogP contribution >= 0.6 is 11.6 Å². The van der Waals surface area contributed by atoms with Crippen LogP contribution in [0.25, 0.3) is 6.08 Å². The number of urea groups is 1. The summed E-state index contributed by atoms with van der Waals surface area (Å²) in [5.41, 5.74) is 0.870. The van der Waals surface area contributed by atoms with Gasteiger partial charge >= 0.3 is 6.03 Å². The Kier molecular flexibility index (Phi) is 4.56. The van der Waals surface area contributed by atoms with Crippen LogP contribution in [0.3, 0.4) is 0 Å². The predicted octanol–water partition coefficient (Wildman–Crippen LogP) is 2.97. The number of hydrogen-bond acceptors (Lipinski definition) is 5. The molecular weight excluding hydrogens is 358 g/mol. The van der Waals surface area contributed by atoms with Gasteiger partial charge in [0, 0.05) is 25.2 Å². The van der Waals surface area contributed by atoms with Crippen molar-refractivity contribution in [2.24, 2.45) is 0 Å². The summed E-state index contributed by atoms with van der Waals surface area (Å²) >= 11 is 6.08. The van der Waals surface area contributed by atoms with E-state index in [9.17, 15) is 14.4 Å². The fourth-order valence-corrected chi connectivity index (χ4v) is 2.59. The second-order valence-corrected chi connectivity index (χ2v) is 6.37. The zero-order valence-corrected chi connectivity index (χ0v) is 15.1. The van der Waals surface area contributed by atoms with Gasteiger partial charge in [-0.15, -0.1) is 0 Å². The molecule has 1 aliphatic rings. The second kappa shape index (κ2) is 6.68. The number of halogens is 1. The molecule has 2 aromatic rings. The minimum Gasteiger partial charge on any atom is -0.441 e. The van der Waals surface area contributed by atoms with Gasteiger partial charge in [0.2, 0.25) is 0 Å². The van der Waals surface area contributed by atoms with E-state index in [-0.39, 0.29) is 11.3 Å². The largest absolute Gasteiger partial charge is 0.441 e. The fraction of sp³-hybridized carbons (Fsp3) is 0.167. The van der Waals surface area contributed by atoms with Gasteiger partial charge in [0.1, 0.15) is 11.3 Å². The number of hydrogen-bond donors (Lipinski definition) is 1. The van der Waals surface area contributed by atoms with Crippen molar-refractivity contribution in [3.05, 3.63) is 52.3 Å². The molecule has 2 heterocycles. The van der Waals surface area contributed by atoms with E-state index in [1.54, 1.807) is 50.2 Å². The molecule has 134 valence electrons. The normalized spacial score (nSPS) is 16.2. The SMILES string of the molecule is Cc1ccc(N2C(=O)NC(=O)/C(=C/c3ccc(N(C)C)o3)C2=O)cc1Cl. The Hall–Kier alpha value is -3.06. The average molecular weight is 374 g/mol. The van der Waals surface area contributed by atoms with Gasteiger partial charge in [-0.1, -0.05) is 17.7 Å². The molecule has 1 aromatic heterocycles. The van der Waals surface area contributed by atoms with Crippen LogP contribution in [0.1, 0.15) is 11.3 Å². The molecule has 0 spiro atoms. The summed E-state index contributed by atoms with van der Waals surface area (Å²) < 4.78 is 5.54. The van der Waals surface area contributed by atoms with Crippen LogP contribution in [0.2, 0.25) is 5.02 Å². The number of nitrogens with one attached hydrogen (secondary N) is 1. The highest BCUT2D eigenvalue weighted by Gasteiger charge is 2.37. The van der Waals surface area contributed by atoms with Crippen molar-refractivity contribution in [2.45, 2.75) is 6.92 Å². The summed E-state index contributed by atoms with van der Waals surface area (Å²) in [6.45, 7) is 1.80. The lowest BCUT2D eigenvalue weighted by atomic mass is 10.1. The minimum absolute atomic E-state index is 0.207. The standard InChI is InChI=1S/C18H16ClN3O4/c1-10-4-5-11(8-14(10)19)22-17(24)13(16(23)20-18(22)25)9-12-6-7-15(26-12)21(2)3/h4-9H,1-3H3,(H,20,23,25)/b13-9-. The molecule has 1 aliphatic heterocycles. The van der Waals surface area contributed by atoms with Crippen molar-refractivity contribution in [3.8, 4) is 0 Å². The number of imide groups is 2. The maximum atomic E-state index is 12.8. The number of carbonyl (C=O) groups is 3. The van der Waals surface area contributed by atoms with Crippen LogP contribution in [-0.4, -0.2) is 31.9 Å². The van der Waals surface area contributed by atoms with Gasteiger partial charge in [0.05, 0.1) is 5.69 Å². The summed E-state index contributed by atoms with van der Waals surface area (Å²) in [7, 11) is 3.60. The van der Waals surface area contributed by atoms with E-state index in [0.29, 0.717) is 16.7 Å². The molecule has 1 fully saturated rings. The Morgan fingerprint density at radius 1 is 1.15 bits per heavy atom. The van der Waals surface area contributed by atoms with Crippen molar-refractivity contribution in [1.82, 2.24) is 5.32 Å². The molecular formula is C18H16ClN3O4. The van der Waals surface area contributed by atoms with E-state index in [1.165, 1.54) is 12.1 Å². The van der Waals surface area contributed by atoms with E-state index in [2.05, 4.69) is 5.32 Å². The lowest BCUT2D eigenvalue weighted by Gasteiger charge is -2.26. The lowest BCUT2D eigenvalue weighted by molar-refractivity contribution is -0.122. The van der Waals surface area contributed by atoms with Gasteiger partial charge in [0.25, 0.3) is 11.8 Å². The maximum Gasteiger partial charge on any atom is 0.335 e. The Morgan fingerprint density at radius 3 is 2.50 bits per heavy atom. The molecule has 0 radical (unpaired) electrons. The number of rotatable bonds is 3. The topological polar surface area (TPSA) is 82.9 Å². The van der Waals surface area contributed by atoms with Crippen molar-refractivity contribution >= 4 is 47.1 Å². The highest BCUT2D eigenvalue weighted by molar-refractivity contribution is 6.39. The molecule has 8 heteroatoms. The number of anilines is 2. The predicted molar refractivity (Wildman–Crippen MR) is 98.2 cm³/mol. The van der Waals surface area contributed by atoms with Crippen molar-refractivity contribution in [2.75, 3.05) is 23.9 Å². The van der Waals surface area contributed by atoms with Crippen molar-refractivity contribution in [3.63, 3.8) is 0 Å². The minimum atomic E-state index is -0.828. The Morgan fingerprint density at radius 2 is 1.88 bits per heavy atom. The first-order chi connectivity index (χ1) is 12.3. The van der Waals surface area contributed by atoms with Gasteiger partial charge in [-0.05, 0) is 36.8 Å². The van der Waals surface area contributed by atoms with E-state index in [1.807, 2.05) is 0 Å². The Bertz CT molecular complexity index is 946. The fourth-order valence-electron chi connectivity index (χ4n) is 2.42. The second-order valence-electron chi connectivity index (χ2n) is 5.96. The van der Waals surface area contributed by atoms with Crippen molar-refractivity contribution in [1.29, 1.82) is 0 Å². The van der Waals surface area contributed by atoms with Gasteiger partial charge in [-0.2, -0.15) is 0 Å². The summed E-state index contributed by atoms with van der Waals surface area (Å²) in [6, 6.07) is 7.29. The van der Waals surface area contributed by atoms with E-state index < -0.39 is 17.8 Å². The molecule has 1 saturated heterocycles. The lowest BCUT2D eigenvalue weighted by Crippen LogP contribution is -2.54. The molecule has 0 aliphatic carbocycles. The highest BCUT2D eigenvalue weighted by atomic mass is 35.5. The Balaban J connectivity index is 1.99. The molecule has 4 amide bonds. The molecule has 7 nitrogen and oxygen atoms in total. The third-order valence-electron chi connectivity index (χ3n) is 3.86. The summed E-state index contributed by atoms with van der Waals surface area (Å²) in [6.07, 6.45) is 1.31. The Labute approximate surface area is 154 Å². The average Bonchev–Trinajstić information content (AvgIpc) is 3.03. The zero-order chi connectivity index (χ0) is 19.0. The smallest absolute Gasteiger partial charge is 0.335 e. The number of nitrogens with zero attached hydrogens (tertiary/aromatic N) is 2. The third-order valence-corrected chi connectivity index (χ3v) is 4.26. The third kappa shape index (κ3) is 3.21. The summed E-state index contributed by atoms with van der Waals surface area (Å²) in [5.74, 6) is -0.638. The zero-order valence-electron chi connectivity index (χ0n) is 14.4. The number of barbiturate groups is 1. The molecule has 3 rings (SSSR count). The van der Waals surface area contributed by atoms with Crippen LogP contribution in [0.4, 0.5) is 16.4 Å². The summed E-state index contributed by atoms with van der Waals surface area (Å²) in [4.78, 5) is 39.7. The van der Waals surface area contributed by atoms with Crippen LogP contribution in [0, 0.1) is 6.92 Å². The molecule has 0 unspecified atom stereocenters. The van der Waals surface area contributed by atoms with Gasteiger partial charge in [0.15, 0.2) is 5.88 Å². The van der Waals surface area contributed by atoms with E-state index in [0.717, 1.165) is 10.5 Å². The van der Waals surface area contributed by atoms with Crippen molar-refractivity contribution < 1.29 is 18.8 Å². The number of aryl methyl sites for hydroxylation is 1.